The molecule has 0 atom stereocenters. The second kappa shape index (κ2) is 12.3. The van der Waals surface area contributed by atoms with Crippen LogP contribution in [-0.2, 0) is 19.1 Å². The summed E-state index contributed by atoms with van der Waals surface area (Å²) in [6, 6.07) is 0. The van der Waals surface area contributed by atoms with Gasteiger partial charge in [0.25, 0.3) is 0 Å². The molecule has 0 bridgehead atoms. The van der Waals surface area contributed by atoms with Gasteiger partial charge in [-0.25, -0.2) is 9.59 Å². The van der Waals surface area contributed by atoms with E-state index in [9.17, 15) is 9.59 Å². The van der Waals surface area contributed by atoms with E-state index >= 15 is 0 Å². The number of esters is 2. The van der Waals surface area contributed by atoms with E-state index in [1.54, 1.807) is 13.8 Å². The lowest BCUT2D eigenvalue weighted by molar-refractivity contribution is -0.142. The van der Waals surface area contributed by atoms with Crippen LogP contribution in [0.2, 0.25) is 0 Å². The third-order valence-electron chi connectivity index (χ3n) is 2.36. The molecule has 0 aliphatic rings. The molecular formula is C14H22O4S4. The zero-order chi connectivity index (χ0) is 17.1. The zero-order valence-electron chi connectivity index (χ0n) is 13.7. The molecule has 0 N–H and O–H groups in total. The summed E-state index contributed by atoms with van der Waals surface area (Å²) in [4.78, 5) is 24.8. The summed E-state index contributed by atoms with van der Waals surface area (Å²) in [6.07, 6.45) is 7.47. The first kappa shape index (κ1) is 21.8. The highest BCUT2D eigenvalue weighted by atomic mass is 32.2. The molecule has 0 aromatic heterocycles. The molecular weight excluding hydrogens is 360 g/mol. The fourth-order valence-corrected chi connectivity index (χ4v) is 4.45. The molecule has 0 heterocycles. The van der Waals surface area contributed by atoms with Gasteiger partial charge in [-0.05, 0) is 38.9 Å². The fraction of sp³-hybridized carbons (Fsp3) is 0.571. The molecule has 8 heteroatoms. The Labute approximate surface area is 149 Å². The van der Waals surface area contributed by atoms with Gasteiger partial charge in [-0.1, -0.05) is 0 Å². The standard InChI is InChI=1S/C14H22O4S4/c1-7-17-11(15)9(13(19-3)20-4)10(12(16)18-8-2)14(21-5)22-6/h7-8H2,1-6H3. The normalized spacial score (nSPS) is 9.91. The molecule has 0 fully saturated rings. The summed E-state index contributed by atoms with van der Waals surface area (Å²) in [5.74, 6) is -0.991. The molecule has 0 amide bonds. The summed E-state index contributed by atoms with van der Waals surface area (Å²) in [5.41, 5.74) is 0.581. The Bertz CT molecular complexity index is 404. The van der Waals surface area contributed by atoms with Gasteiger partial charge in [-0.2, -0.15) is 0 Å². The molecule has 0 radical (unpaired) electrons. The minimum atomic E-state index is -0.496. The van der Waals surface area contributed by atoms with Gasteiger partial charge in [0.1, 0.15) is 0 Å². The number of hydrogen-bond donors (Lipinski definition) is 0. The molecule has 0 saturated heterocycles. The number of rotatable bonds is 9. The molecule has 126 valence electrons. The Balaban J connectivity index is 6.30. The summed E-state index contributed by atoms with van der Waals surface area (Å²) >= 11 is 5.66. The van der Waals surface area contributed by atoms with E-state index in [0.29, 0.717) is 11.1 Å². The van der Waals surface area contributed by atoms with Gasteiger partial charge in [-0.15, -0.1) is 47.0 Å². The summed E-state index contributed by atoms with van der Waals surface area (Å²) in [6.45, 7) is 3.99. The maximum absolute atomic E-state index is 12.4. The first-order valence-corrected chi connectivity index (χ1v) is 11.4. The van der Waals surface area contributed by atoms with E-state index in [2.05, 4.69) is 0 Å². The van der Waals surface area contributed by atoms with Crippen LogP contribution in [0.1, 0.15) is 13.8 Å². The Hall–Kier alpha value is -0.180. The fourth-order valence-electron chi connectivity index (χ4n) is 1.56. The van der Waals surface area contributed by atoms with Crippen molar-refractivity contribution in [3.05, 3.63) is 19.6 Å². The minimum absolute atomic E-state index is 0.252. The lowest BCUT2D eigenvalue weighted by atomic mass is 10.1. The van der Waals surface area contributed by atoms with Crippen LogP contribution in [-0.4, -0.2) is 50.2 Å². The van der Waals surface area contributed by atoms with Gasteiger partial charge in [0.05, 0.1) is 32.8 Å². The Morgan fingerprint density at radius 1 is 0.682 bits per heavy atom. The quantitative estimate of drug-likeness (QED) is 0.337. The molecule has 0 aliphatic carbocycles. The maximum Gasteiger partial charge on any atom is 0.340 e. The number of hydrogen-bond acceptors (Lipinski definition) is 8. The van der Waals surface area contributed by atoms with Gasteiger partial charge in [0.2, 0.25) is 0 Å². The largest absolute Gasteiger partial charge is 0.462 e. The molecule has 0 aromatic carbocycles. The van der Waals surface area contributed by atoms with Crippen molar-refractivity contribution in [1.82, 2.24) is 0 Å². The van der Waals surface area contributed by atoms with Crippen LogP contribution in [0.3, 0.4) is 0 Å². The van der Waals surface area contributed by atoms with Crippen LogP contribution in [0.25, 0.3) is 0 Å². The van der Waals surface area contributed by atoms with Crippen molar-refractivity contribution in [2.24, 2.45) is 0 Å². The first-order chi connectivity index (χ1) is 10.5. The van der Waals surface area contributed by atoms with Crippen molar-refractivity contribution in [3.8, 4) is 0 Å². The van der Waals surface area contributed by atoms with Crippen molar-refractivity contribution in [2.45, 2.75) is 13.8 Å². The highest BCUT2D eigenvalue weighted by Gasteiger charge is 2.29. The predicted octanol–water partition coefficient (Wildman–Crippen LogP) is 3.99. The van der Waals surface area contributed by atoms with E-state index in [0.717, 1.165) is 8.47 Å². The van der Waals surface area contributed by atoms with Gasteiger partial charge in [-0.3, -0.25) is 0 Å². The van der Waals surface area contributed by atoms with E-state index in [1.807, 2.05) is 25.0 Å². The smallest absolute Gasteiger partial charge is 0.340 e. The van der Waals surface area contributed by atoms with Crippen molar-refractivity contribution < 1.29 is 19.1 Å². The monoisotopic (exact) mass is 382 g/mol. The van der Waals surface area contributed by atoms with Crippen molar-refractivity contribution in [3.63, 3.8) is 0 Å². The van der Waals surface area contributed by atoms with E-state index in [-0.39, 0.29) is 13.2 Å². The van der Waals surface area contributed by atoms with E-state index in [1.165, 1.54) is 47.0 Å². The predicted molar refractivity (Wildman–Crippen MR) is 101 cm³/mol. The number of ether oxygens (including phenoxy) is 2. The van der Waals surface area contributed by atoms with Crippen molar-refractivity contribution in [2.75, 3.05) is 38.2 Å². The molecule has 22 heavy (non-hydrogen) atoms. The molecule has 0 aromatic rings. The third-order valence-corrected chi connectivity index (χ3v) is 6.66. The zero-order valence-corrected chi connectivity index (χ0v) is 16.9. The number of thioether (sulfide) groups is 4. The highest BCUT2D eigenvalue weighted by Crippen LogP contribution is 2.38. The minimum Gasteiger partial charge on any atom is -0.462 e. The summed E-state index contributed by atoms with van der Waals surface area (Å²) in [5, 5.41) is 0. The summed E-state index contributed by atoms with van der Waals surface area (Å²) in [7, 11) is 0. The van der Waals surface area contributed by atoms with Crippen LogP contribution >= 0.6 is 47.0 Å². The molecule has 0 rings (SSSR count). The Kier molecular flexibility index (Phi) is 12.2. The average molecular weight is 383 g/mol. The second-order valence-corrected chi connectivity index (χ2v) is 7.37. The molecule has 0 saturated carbocycles. The van der Waals surface area contributed by atoms with Crippen molar-refractivity contribution in [1.29, 1.82) is 0 Å². The van der Waals surface area contributed by atoms with Crippen molar-refractivity contribution >= 4 is 59.0 Å². The van der Waals surface area contributed by atoms with Gasteiger partial charge < -0.3 is 9.47 Å². The number of carbonyl (C=O) groups excluding carboxylic acids is 2. The topological polar surface area (TPSA) is 52.6 Å². The highest BCUT2D eigenvalue weighted by molar-refractivity contribution is 8.22. The SMILES string of the molecule is CCOC(=O)C(=C(SC)SC)C(C(=O)OCC)=C(SC)SC. The van der Waals surface area contributed by atoms with Crippen LogP contribution in [0.5, 0.6) is 0 Å². The van der Waals surface area contributed by atoms with E-state index < -0.39 is 11.9 Å². The Morgan fingerprint density at radius 3 is 1.14 bits per heavy atom. The molecule has 0 aliphatic heterocycles. The van der Waals surface area contributed by atoms with Gasteiger partial charge >= 0.3 is 11.9 Å². The van der Waals surface area contributed by atoms with Crippen LogP contribution in [0, 0.1) is 0 Å². The molecule has 0 unspecified atom stereocenters. The van der Waals surface area contributed by atoms with Gasteiger partial charge in [0.15, 0.2) is 0 Å². The summed E-state index contributed by atoms with van der Waals surface area (Å²) < 4.78 is 11.8. The Morgan fingerprint density at radius 2 is 0.955 bits per heavy atom. The second-order valence-electron chi connectivity index (χ2n) is 3.58. The van der Waals surface area contributed by atoms with Crippen LogP contribution in [0.15, 0.2) is 19.6 Å². The lowest BCUT2D eigenvalue weighted by Gasteiger charge is -2.16. The van der Waals surface area contributed by atoms with Crippen LogP contribution < -0.4 is 0 Å². The van der Waals surface area contributed by atoms with E-state index in [4.69, 9.17) is 9.47 Å². The number of carbonyl (C=O) groups is 2. The van der Waals surface area contributed by atoms with Crippen LogP contribution in [0.4, 0.5) is 0 Å². The average Bonchev–Trinajstić information content (AvgIpc) is 2.51. The maximum atomic E-state index is 12.4. The van der Waals surface area contributed by atoms with Gasteiger partial charge in [0, 0.05) is 0 Å². The third kappa shape index (κ3) is 6.14. The first-order valence-electron chi connectivity index (χ1n) is 6.51. The molecule has 4 nitrogen and oxygen atoms in total. The lowest BCUT2D eigenvalue weighted by Crippen LogP contribution is -2.19. The molecule has 0 spiro atoms.